The average Bonchev–Trinajstić information content (AvgIpc) is 2.69. The van der Waals surface area contributed by atoms with Gasteiger partial charge in [0.05, 0.1) is 30.3 Å². The van der Waals surface area contributed by atoms with Crippen LogP contribution in [0.25, 0.3) is 10.9 Å². The molecule has 6 nitrogen and oxygen atoms in total. The van der Waals surface area contributed by atoms with E-state index in [1.54, 1.807) is 17.7 Å². The van der Waals surface area contributed by atoms with Gasteiger partial charge < -0.3 is 10.1 Å². The van der Waals surface area contributed by atoms with E-state index in [0.717, 1.165) is 11.3 Å². The largest absolute Gasteiger partial charge is 0.497 e. The number of carbonyl (C=O) groups is 1. The molecule has 140 valence electrons. The van der Waals surface area contributed by atoms with Crippen LogP contribution in [0.4, 0.5) is 0 Å². The van der Waals surface area contributed by atoms with Crippen LogP contribution in [0.5, 0.6) is 5.75 Å². The summed E-state index contributed by atoms with van der Waals surface area (Å²) in [6, 6.07) is 14.8. The van der Waals surface area contributed by atoms with Gasteiger partial charge in [0.1, 0.15) is 5.75 Å². The maximum absolute atomic E-state index is 13.0. The quantitative estimate of drug-likeness (QED) is 0.502. The molecule has 0 spiro atoms. The highest BCUT2D eigenvalue weighted by atomic mass is 32.2. The molecule has 0 atom stereocenters. The summed E-state index contributed by atoms with van der Waals surface area (Å²) in [6.07, 6.45) is 0. The molecule has 0 aliphatic rings. The Balaban J connectivity index is 1.98. The van der Waals surface area contributed by atoms with Gasteiger partial charge in [-0.25, -0.2) is 4.98 Å². The minimum atomic E-state index is -0.116. The Bertz CT molecular complexity index is 1000. The van der Waals surface area contributed by atoms with Crippen molar-refractivity contribution in [1.82, 2.24) is 14.9 Å². The van der Waals surface area contributed by atoms with Crippen LogP contribution >= 0.6 is 11.8 Å². The highest BCUT2D eigenvalue weighted by molar-refractivity contribution is 7.99. The van der Waals surface area contributed by atoms with Gasteiger partial charge in [-0.1, -0.05) is 36.0 Å². The number of ether oxygens (including phenoxy) is 1. The first kappa shape index (κ1) is 19.0. The Hall–Kier alpha value is -2.80. The molecule has 0 unspecified atom stereocenters. The summed E-state index contributed by atoms with van der Waals surface area (Å²) in [5.74, 6) is 0.885. The number of benzene rings is 2. The van der Waals surface area contributed by atoms with Crippen LogP contribution in [0.15, 0.2) is 58.5 Å². The van der Waals surface area contributed by atoms with Crippen LogP contribution < -0.4 is 15.6 Å². The van der Waals surface area contributed by atoms with Crippen molar-refractivity contribution >= 4 is 28.6 Å². The predicted molar refractivity (Wildman–Crippen MR) is 108 cm³/mol. The van der Waals surface area contributed by atoms with Crippen molar-refractivity contribution in [2.75, 3.05) is 19.4 Å². The molecule has 0 fully saturated rings. The first-order chi connectivity index (χ1) is 13.1. The molecule has 3 aromatic rings. The lowest BCUT2D eigenvalue weighted by Crippen LogP contribution is -2.27. The first-order valence-corrected chi connectivity index (χ1v) is 9.63. The molecule has 1 amide bonds. The lowest BCUT2D eigenvalue weighted by atomic mass is 10.2. The van der Waals surface area contributed by atoms with E-state index in [0.29, 0.717) is 29.1 Å². The molecule has 0 aliphatic carbocycles. The van der Waals surface area contributed by atoms with Crippen LogP contribution in [-0.4, -0.2) is 34.9 Å². The number of para-hydroxylation sites is 1. The van der Waals surface area contributed by atoms with Crippen LogP contribution in [0.2, 0.25) is 0 Å². The molecular weight excluding hydrogens is 362 g/mol. The van der Waals surface area contributed by atoms with E-state index in [-0.39, 0.29) is 17.2 Å². The Labute approximate surface area is 161 Å². The smallest absolute Gasteiger partial charge is 0.262 e. The lowest BCUT2D eigenvalue weighted by Gasteiger charge is -2.13. The molecule has 1 N–H and O–H groups in total. The van der Waals surface area contributed by atoms with Gasteiger partial charge in [0.2, 0.25) is 5.91 Å². The number of hydrogen-bond donors (Lipinski definition) is 1. The van der Waals surface area contributed by atoms with Crippen molar-refractivity contribution in [2.45, 2.75) is 18.6 Å². The zero-order valence-electron chi connectivity index (χ0n) is 15.3. The monoisotopic (exact) mass is 383 g/mol. The van der Waals surface area contributed by atoms with Crippen molar-refractivity contribution in [1.29, 1.82) is 0 Å². The first-order valence-electron chi connectivity index (χ1n) is 8.64. The van der Waals surface area contributed by atoms with Gasteiger partial charge in [0, 0.05) is 6.54 Å². The zero-order chi connectivity index (χ0) is 19.2. The number of thioether (sulfide) groups is 1. The summed E-state index contributed by atoms with van der Waals surface area (Å²) in [5.41, 5.74) is 1.47. The molecular formula is C20H21N3O3S. The molecule has 0 bridgehead atoms. The summed E-state index contributed by atoms with van der Waals surface area (Å²) in [6.45, 7) is 2.82. The summed E-state index contributed by atoms with van der Waals surface area (Å²) in [5, 5.41) is 3.85. The summed E-state index contributed by atoms with van der Waals surface area (Å²) >= 11 is 1.27. The van der Waals surface area contributed by atoms with E-state index in [2.05, 4.69) is 10.3 Å². The van der Waals surface area contributed by atoms with E-state index in [1.807, 2.05) is 49.4 Å². The normalized spacial score (nSPS) is 10.7. The molecule has 3 rings (SSSR count). The minimum Gasteiger partial charge on any atom is -0.497 e. The van der Waals surface area contributed by atoms with Gasteiger partial charge in [-0.3, -0.25) is 14.2 Å². The van der Waals surface area contributed by atoms with E-state index >= 15 is 0 Å². The fraction of sp³-hybridized carbons (Fsp3) is 0.250. The van der Waals surface area contributed by atoms with Crippen LogP contribution in [0, 0.1) is 0 Å². The van der Waals surface area contributed by atoms with Crippen molar-refractivity contribution in [3.63, 3.8) is 0 Å². The predicted octanol–water partition coefficient (Wildman–Crippen LogP) is 2.68. The maximum Gasteiger partial charge on any atom is 0.262 e. The number of amides is 1. The van der Waals surface area contributed by atoms with Gasteiger partial charge in [-0.2, -0.15) is 0 Å². The fourth-order valence-corrected chi connectivity index (χ4v) is 3.52. The standard InChI is InChI=1S/C20H21N3O3S/c1-3-21-18(24)13-27-20-22-17-7-5-4-6-16(17)19(25)23(20)12-14-8-10-15(26-2)11-9-14/h4-11H,3,12-13H2,1-2H3,(H,21,24). The van der Waals surface area contributed by atoms with E-state index in [4.69, 9.17) is 4.74 Å². The Morgan fingerprint density at radius 1 is 1.19 bits per heavy atom. The third-order valence-corrected chi connectivity index (χ3v) is 5.01. The van der Waals surface area contributed by atoms with Crippen LogP contribution in [0.3, 0.4) is 0 Å². The summed E-state index contributed by atoms with van der Waals surface area (Å²) in [4.78, 5) is 29.5. The van der Waals surface area contributed by atoms with Gasteiger partial charge >= 0.3 is 0 Å². The summed E-state index contributed by atoms with van der Waals surface area (Å²) in [7, 11) is 1.61. The van der Waals surface area contributed by atoms with Crippen LogP contribution in [0.1, 0.15) is 12.5 Å². The number of carbonyl (C=O) groups excluding carboxylic acids is 1. The zero-order valence-corrected chi connectivity index (χ0v) is 16.1. The third-order valence-electron chi connectivity index (χ3n) is 4.03. The molecule has 7 heteroatoms. The number of nitrogens with zero attached hydrogens (tertiary/aromatic N) is 2. The van der Waals surface area contributed by atoms with Crippen molar-refractivity contribution in [3.05, 3.63) is 64.4 Å². The highest BCUT2D eigenvalue weighted by Gasteiger charge is 2.13. The number of fused-ring (bicyclic) bond motifs is 1. The Kier molecular flexibility index (Phi) is 6.13. The third kappa shape index (κ3) is 4.49. The van der Waals surface area contributed by atoms with E-state index < -0.39 is 0 Å². The van der Waals surface area contributed by atoms with Crippen molar-refractivity contribution in [3.8, 4) is 5.75 Å². The fourth-order valence-electron chi connectivity index (χ4n) is 2.69. The Morgan fingerprint density at radius 2 is 1.93 bits per heavy atom. The Morgan fingerprint density at radius 3 is 2.63 bits per heavy atom. The maximum atomic E-state index is 13.0. The molecule has 0 aliphatic heterocycles. The molecule has 0 radical (unpaired) electrons. The second kappa shape index (κ2) is 8.73. The van der Waals surface area contributed by atoms with Gasteiger partial charge in [-0.05, 0) is 36.8 Å². The van der Waals surface area contributed by atoms with E-state index in [9.17, 15) is 9.59 Å². The van der Waals surface area contributed by atoms with Gasteiger partial charge in [0.15, 0.2) is 5.16 Å². The minimum absolute atomic E-state index is 0.0825. The van der Waals surface area contributed by atoms with Gasteiger partial charge in [0.25, 0.3) is 5.56 Å². The van der Waals surface area contributed by atoms with E-state index in [1.165, 1.54) is 11.8 Å². The number of methoxy groups -OCH3 is 1. The SMILES string of the molecule is CCNC(=O)CSc1nc2ccccc2c(=O)n1Cc1ccc(OC)cc1. The molecule has 1 heterocycles. The van der Waals surface area contributed by atoms with Gasteiger partial charge in [-0.15, -0.1) is 0 Å². The number of nitrogens with one attached hydrogen (secondary N) is 1. The van der Waals surface area contributed by atoms with Crippen molar-refractivity contribution < 1.29 is 9.53 Å². The topological polar surface area (TPSA) is 73.2 Å². The molecule has 2 aromatic carbocycles. The second-order valence-electron chi connectivity index (χ2n) is 5.89. The lowest BCUT2D eigenvalue weighted by molar-refractivity contribution is -0.118. The average molecular weight is 383 g/mol. The molecule has 27 heavy (non-hydrogen) atoms. The second-order valence-corrected chi connectivity index (χ2v) is 6.84. The number of hydrogen-bond acceptors (Lipinski definition) is 5. The number of rotatable bonds is 7. The number of aromatic nitrogens is 2. The van der Waals surface area contributed by atoms with Crippen molar-refractivity contribution in [2.24, 2.45) is 0 Å². The molecule has 1 aromatic heterocycles. The molecule has 0 saturated carbocycles. The summed E-state index contributed by atoms with van der Waals surface area (Å²) < 4.78 is 6.80. The van der Waals surface area contributed by atoms with Crippen LogP contribution in [-0.2, 0) is 11.3 Å². The molecule has 0 saturated heterocycles. The highest BCUT2D eigenvalue weighted by Crippen LogP contribution is 2.19.